The Bertz CT molecular complexity index is 417. The van der Waals surface area contributed by atoms with Gasteiger partial charge in [0, 0.05) is 6.61 Å². The molecule has 22 heavy (non-hydrogen) atoms. The maximum absolute atomic E-state index is 8.57. The maximum atomic E-state index is 8.57. The molecule has 0 aromatic carbocycles. The van der Waals surface area contributed by atoms with Crippen molar-refractivity contribution in [2.75, 3.05) is 6.61 Å². The summed E-state index contributed by atoms with van der Waals surface area (Å²) in [6.07, 6.45) is 8.26. The quantitative estimate of drug-likeness (QED) is 0.474. The Kier molecular flexibility index (Phi) is 8.88. The maximum Gasteiger partial charge on any atom is 0.633 e. The minimum Gasteiger partial charge on any atom is -0.402 e. The van der Waals surface area contributed by atoms with Gasteiger partial charge in [-0.3, -0.25) is 0 Å². The van der Waals surface area contributed by atoms with E-state index < -0.39 is 7.32 Å². The zero-order valence-electron chi connectivity index (χ0n) is 12.7. The molecule has 0 bridgehead atoms. The monoisotopic (exact) mass is 333 g/mol. The lowest BCUT2D eigenvalue weighted by atomic mass is 9.95. The van der Waals surface area contributed by atoms with Gasteiger partial charge in [0.05, 0.1) is 12.1 Å². The summed E-state index contributed by atoms with van der Waals surface area (Å²) in [7, 11) is -1.70. The molecule has 0 aliphatic heterocycles. The van der Waals surface area contributed by atoms with E-state index in [1.54, 1.807) is 0 Å². The highest BCUT2D eigenvalue weighted by Crippen LogP contribution is 2.29. The van der Waals surface area contributed by atoms with Crippen molar-refractivity contribution in [1.29, 1.82) is 0 Å². The molecule has 1 aromatic heterocycles. The molecule has 1 aromatic rings. The highest BCUT2D eigenvalue weighted by atomic mass is 35.5. The van der Waals surface area contributed by atoms with E-state index in [-0.39, 0.29) is 18.4 Å². The topological polar surface area (TPSA) is 119 Å². The molecule has 0 spiro atoms. The van der Waals surface area contributed by atoms with Gasteiger partial charge >= 0.3 is 7.32 Å². The van der Waals surface area contributed by atoms with Gasteiger partial charge in [0.2, 0.25) is 0 Å². The zero-order valence-corrected chi connectivity index (χ0v) is 13.5. The smallest absolute Gasteiger partial charge is 0.402 e. The molecular formula is C12H25BClN5O3. The fourth-order valence-corrected chi connectivity index (χ4v) is 2.81. The molecule has 0 amide bonds. The van der Waals surface area contributed by atoms with Crippen LogP contribution in [-0.4, -0.2) is 44.2 Å². The normalized spacial score (nSPS) is 17.0. The van der Waals surface area contributed by atoms with E-state index in [4.69, 9.17) is 15.8 Å². The first kappa shape index (κ1) is 19.3. The number of hydrogen-bond acceptors (Lipinski definition) is 7. The number of hydrogen-bond donors (Lipinski definition) is 3. The number of aromatic nitrogens is 4. The summed E-state index contributed by atoms with van der Waals surface area (Å²) < 4.78 is 6.56. The highest BCUT2D eigenvalue weighted by Gasteiger charge is 2.23. The fourth-order valence-electron chi connectivity index (χ4n) is 2.81. The summed E-state index contributed by atoms with van der Waals surface area (Å²) in [6.45, 7) is 0.304. The molecule has 126 valence electrons. The Morgan fingerprint density at radius 1 is 1.27 bits per heavy atom. The summed E-state index contributed by atoms with van der Waals surface area (Å²) in [6, 6.07) is 0.184. The van der Waals surface area contributed by atoms with E-state index in [1.165, 1.54) is 19.3 Å². The van der Waals surface area contributed by atoms with Crippen molar-refractivity contribution >= 4 is 19.7 Å². The molecule has 1 atom stereocenters. The van der Waals surface area contributed by atoms with Crippen molar-refractivity contribution < 1.29 is 14.7 Å². The first-order chi connectivity index (χ1) is 10.2. The van der Waals surface area contributed by atoms with Crippen molar-refractivity contribution in [2.45, 2.75) is 63.5 Å². The average Bonchev–Trinajstić information content (AvgIpc) is 2.97. The van der Waals surface area contributed by atoms with Gasteiger partial charge in [-0.25, -0.2) is 4.68 Å². The number of rotatable bonds is 8. The molecule has 1 fully saturated rings. The minimum absolute atomic E-state index is 0. The van der Waals surface area contributed by atoms with E-state index in [1.807, 2.05) is 4.68 Å². The van der Waals surface area contributed by atoms with E-state index in [0.29, 0.717) is 12.6 Å². The number of nitrogens with zero attached hydrogens (tertiary/aromatic N) is 4. The van der Waals surface area contributed by atoms with Crippen LogP contribution >= 0.6 is 12.4 Å². The van der Waals surface area contributed by atoms with Gasteiger partial charge in [0.15, 0.2) is 5.82 Å². The standard InChI is InChI=1S/C12H24BN5O3.ClH/c14-11(8-4-5-9-21-13(19)20)12-15-16-17-18(12)10-6-2-1-3-7-10;/h10-11,19-20H,1-9,14H2;1H. The molecule has 2 rings (SSSR count). The second-order valence-electron chi connectivity index (χ2n) is 5.57. The summed E-state index contributed by atoms with van der Waals surface area (Å²) in [4.78, 5) is 0. The van der Waals surface area contributed by atoms with E-state index in [2.05, 4.69) is 20.2 Å². The molecule has 0 saturated heterocycles. The molecule has 0 radical (unpaired) electrons. The molecule has 8 nitrogen and oxygen atoms in total. The van der Waals surface area contributed by atoms with Crippen LogP contribution in [0.4, 0.5) is 0 Å². The highest BCUT2D eigenvalue weighted by molar-refractivity contribution is 6.32. The number of nitrogens with two attached hydrogens (primary N) is 1. The molecule has 1 saturated carbocycles. The first-order valence-electron chi connectivity index (χ1n) is 7.69. The van der Waals surface area contributed by atoms with Gasteiger partial charge in [0.1, 0.15) is 0 Å². The summed E-state index contributed by atoms with van der Waals surface area (Å²) in [5.41, 5.74) is 6.19. The van der Waals surface area contributed by atoms with Crippen molar-refractivity contribution in [3.05, 3.63) is 5.82 Å². The molecule has 1 heterocycles. The Labute approximate surface area is 137 Å². The lowest BCUT2D eigenvalue weighted by Crippen LogP contribution is -2.22. The van der Waals surface area contributed by atoms with Crippen LogP contribution in [0.3, 0.4) is 0 Å². The number of unbranched alkanes of at least 4 members (excludes halogenated alkanes) is 1. The van der Waals surface area contributed by atoms with E-state index in [9.17, 15) is 0 Å². The molecule has 1 aliphatic carbocycles. The zero-order chi connectivity index (χ0) is 15.1. The fraction of sp³-hybridized carbons (Fsp3) is 0.917. The second kappa shape index (κ2) is 10.1. The van der Waals surface area contributed by atoms with Gasteiger partial charge in [-0.2, -0.15) is 0 Å². The second-order valence-corrected chi connectivity index (χ2v) is 5.57. The van der Waals surface area contributed by atoms with Gasteiger partial charge < -0.3 is 20.4 Å². The Balaban J connectivity index is 0.00000242. The van der Waals surface area contributed by atoms with Crippen LogP contribution in [-0.2, 0) is 4.65 Å². The number of tetrazole rings is 1. The first-order valence-corrected chi connectivity index (χ1v) is 7.69. The third kappa shape index (κ3) is 5.81. The van der Waals surface area contributed by atoms with Gasteiger partial charge in [-0.05, 0) is 42.5 Å². The molecule has 10 heteroatoms. The van der Waals surface area contributed by atoms with Gasteiger partial charge in [-0.1, -0.05) is 19.3 Å². The minimum atomic E-state index is -1.70. The average molecular weight is 334 g/mol. The predicted molar refractivity (Wildman–Crippen MR) is 84.1 cm³/mol. The van der Waals surface area contributed by atoms with Crippen molar-refractivity contribution in [3.8, 4) is 0 Å². The van der Waals surface area contributed by atoms with Crippen LogP contribution < -0.4 is 5.73 Å². The lowest BCUT2D eigenvalue weighted by molar-refractivity contribution is 0.181. The summed E-state index contributed by atoms with van der Waals surface area (Å²) in [5, 5.41) is 29.1. The molecular weight excluding hydrogens is 308 g/mol. The Hall–Kier alpha value is -0.735. The van der Waals surface area contributed by atoms with Crippen LogP contribution in [0.2, 0.25) is 0 Å². The predicted octanol–water partition coefficient (Wildman–Crippen LogP) is 0.756. The van der Waals surface area contributed by atoms with Crippen LogP contribution in [0.15, 0.2) is 0 Å². The molecule has 1 aliphatic rings. The van der Waals surface area contributed by atoms with Crippen molar-refractivity contribution in [1.82, 2.24) is 20.2 Å². The van der Waals surface area contributed by atoms with Crippen LogP contribution in [0.25, 0.3) is 0 Å². The van der Waals surface area contributed by atoms with Gasteiger partial charge in [0.25, 0.3) is 0 Å². The SMILES string of the molecule is Cl.NC(CCCCOB(O)O)c1nnnn1C1CCCCC1. The largest absolute Gasteiger partial charge is 0.633 e. The van der Waals surface area contributed by atoms with E-state index in [0.717, 1.165) is 37.9 Å². The van der Waals surface area contributed by atoms with Crippen LogP contribution in [0.1, 0.15) is 69.3 Å². The van der Waals surface area contributed by atoms with E-state index >= 15 is 0 Å². The molecule has 4 N–H and O–H groups in total. The third-order valence-electron chi connectivity index (χ3n) is 3.95. The third-order valence-corrected chi connectivity index (χ3v) is 3.95. The Morgan fingerprint density at radius 2 is 2.00 bits per heavy atom. The van der Waals surface area contributed by atoms with Crippen LogP contribution in [0, 0.1) is 0 Å². The van der Waals surface area contributed by atoms with Crippen molar-refractivity contribution in [2.24, 2.45) is 5.73 Å². The number of halogens is 1. The summed E-state index contributed by atoms with van der Waals surface area (Å²) >= 11 is 0. The lowest BCUT2D eigenvalue weighted by Gasteiger charge is -2.23. The van der Waals surface area contributed by atoms with Crippen LogP contribution in [0.5, 0.6) is 0 Å². The summed E-state index contributed by atoms with van der Waals surface area (Å²) in [5.74, 6) is 0.755. The molecule has 1 unspecified atom stereocenters. The Morgan fingerprint density at radius 3 is 2.68 bits per heavy atom. The van der Waals surface area contributed by atoms with Crippen molar-refractivity contribution in [3.63, 3.8) is 0 Å². The van der Waals surface area contributed by atoms with Gasteiger partial charge in [-0.15, -0.1) is 17.5 Å².